The highest BCUT2D eigenvalue weighted by molar-refractivity contribution is 5.16. The van der Waals surface area contributed by atoms with Crippen molar-refractivity contribution in [2.45, 2.75) is 12.8 Å². The maximum Gasteiger partial charge on any atom is 0.0270 e. The number of hydrogen-bond donors (Lipinski definition) is 2. The molecule has 0 saturated carbocycles. The van der Waals surface area contributed by atoms with Crippen LogP contribution < -0.4 is 11.5 Å². The van der Waals surface area contributed by atoms with E-state index in [1.54, 1.807) is 12.4 Å². The van der Waals surface area contributed by atoms with Crippen molar-refractivity contribution < 1.29 is 0 Å². The zero-order valence-electron chi connectivity index (χ0n) is 7.98. The van der Waals surface area contributed by atoms with Gasteiger partial charge >= 0.3 is 0 Å². The van der Waals surface area contributed by atoms with Crippen LogP contribution in [0.15, 0.2) is 24.5 Å². The third-order valence-corrected chi connectivity index (χ3v) is 2.54. The third kappa shape index (κ3) is 2.50. The van der Waals surface area contributed by atoms with Crippen LogP contribution in [0.2, 0.25) is 0 Å². The minimum absolute atomic E-state index is 0.363. The molecule has 3 nitrogen and oxygen atoms in total. The molecular formula is C10H17N3. The van der Waals surface area contributed by atoms with Crippen molar-refractivity contribution in [2.24, 2.45) is 17.4 Å². The molecule has 1 unspecified atom stereocenters. The number of hydrogen-bond acceptors (Lipinski definition) is 3. The molecule has 0 amide bonds. The van der Waals surface area contributed by atoms with Crippen LogP contribution in [0, 0.1) is 5.92 Å². The summed E-state index contributed by atoms with van der Waals surface area (Å²) in [4.78, 5) is 3.98. The molecule has 13 heavy (non-hydrogen) atoms. The first kappa shape index (κ1) is 10.2. The van der Waals surface area contributed by atoms with Crippen LogP contribution in [-0.4, -0.2) is 18.1 Å². The highest BCUT2D eigenvalue weighted by Gasteiger charge is 2.15. The van der Waals surface area contributed by atoms with E-state index in [0.29, 0.717) is 24.9 Å². The van der Waals surface area contributed by atoms with Gasteiger partial charge < -0.3 is 11.5 Å². The van der Waals surface area contributed by atoms with E-state index in [-0.39, 0.29) is 0 Å². The summed E-state index contributed by atoms with van der Waals surface area (Å²) in [7, 11) is 0. The lowest BCUT2D eigenvalue weighted by Crippen LogP contribution is -2.27. The quantitative estimate of drug-likeness (QED) is 0.715. The molecule has 72 valence electrons. The zero-order chi connectivity index (χ0) is 9.68. The smallest absolute Gasteiger partial charge is 0.0270 e. The Labute approximate surface area is 79.2 Å². The molecule has 1 aromatic rings. The second kappa shape index (κ2) is 4.94. The van der Waals surface area contributed by atoms with Gasteiger partial charge in [-0.05, 0) is 42.6 Å². The Morgan fingerprint density at radius 2 is 1.77 bits per heavy atom. The molecule has 4 N–H and O–H groups in total. The fourth-order valence-corrected chi connectivity index (χ4v) is 1.44. The molecule has 1 rings (SSSR count). The van der Waals surface area contributed by atoms with Crippen LogP contribution >= 0.6 is 0 Å². The van der Waals surface area contributed by atoms with E-state index < -0.39 is 0 Å². The molecular weight excluding hydrogens is 162 g/mol. The standard InChI is InChI=1S/C10H17N3/c1-8(10(6-11)7-12)9-2-4-13-5-3-9/h2-5,8,10H,6-7,11-12H2,1H3. The van der Waals surface area contributed by atoms with Crippen LogP contribution in [0.25, 0.3) is 0 Å². The van der Waals surface area contributed by atoms with Gasteiger partial charge in [-0.25, -0.2) is 0 Å². The average molecular weight is 179 g/mol. The van der Waals surface area contributed by atoms with Crippen LogP contribution in [0.5, 0.6) is 0 Å². The molecule has 0 aliphatic rings. The van der Waals surface area contributed by atoms with Crippen molar-refractivity contribution in [3.8, 4) is 0 Å². The van der Waals surface area contributed by atoms with E-state index in [2.05, 4.69) is 11.9 Å². The highest BCUT2D eigenvalue weighted by atomic mass is 14.6. The van der Waals surface area contributed by atoms with Crippen molar-refractivity contribution >= 4 is 0 Å². The van der Waals surface area contributed by atoms with E-state index in [0.717, 1.165) is 0 Å². The van der Waals surface area contributed by atoms with Gasteiger partial charge in [-0.2, -0.15) is 0 Å². The highest BCUT2D eigenvalue weighted by Crippen LogP contribution is 2.21. The maximum absolute atomic E-state index is 5.63. The maximum atomic E-state index is 5.63. The second-order valence-corrected chi connectivity index (χ2v) is 3.30. The van der Waals surface area contributed by atoms with Gasteiger partial charge in [0.25, 0.3) is 0 Å². The molecule has 0 spiro atoms. The molecule has 0 bridgehead atoms. The summed E-state index contributed by atoms with van der Waals surface area (Å²) < 4.78 is 0. The SMILES string of the molecule is CC(c1ccncc1)C(CN)CN. The lowest BCUT2D eigenvalue weighted by molar-refractivity contribution is 0.466. The molecule has 0 fully saturated rings. The molecule has 1 atom stereocenters. The van der Waals surface area contributed by atoms with Crippen LogP contribution in [-0.2, 0) is 0 Å². The average Bonchev–Trinajstić information content (AvgIpc) is 2.21. The van der Waals surface area contributed by atoms with Gasteiger partial charge in [-0.3, -0.25) is 4.98 Å². The number of aromatic nitrogens is 1. The first-order chi connectivity index (χ1) is 6.29. The van der Waals surface area contributed by atoms with Gasteiger partial charge in [0.15, 0.2) is 0 Å². The number of pyridine rings is 1. The summed E-state index contributed by atoms with van der Waals surface area (Å²) in [6.45, 7) is 3.43. The predicted octanol–water partition coefficient (Wildman–Crippen LogP) is 0.719. The van der Waals surface area contributed by atoms with E-state index in [4.69, 9.17) is 11.5 Å². The lowest BCUT2D eigenvalue weighted by atomic mass is 9.88. The van der Waals surface area contributed by atoms with Gasteiger partial charge in [0.2, 0.25) is 0 Å². The van der Waals surface area contributed by atoms with Crippen molar-refractivity contribution in [3.63, 3.8) is 0 Å². The second-order valence-electron chi connectivity index (χ2n) is 3.30. The Bertz CT molecular complexity index is 231. The molecule has 1 heterocycles. The van der Waals surface area contributed by atoms with E-state index in [1.165, 1.54) is 5.56 Å². The summed E-state index contributed by atoms with van der Waals surface area (Å²) in [6.07, 6.45) is 3.60. The summed E-state index contributed by atoms with van der Waals surface area (Å²) in [6, 6.07) is 4.03. The van der Waals surface area contributed by atoms with Crippen LogP contribution in [0.4, 0.5) is 0 Å². The fraction of sp³-hybridized carbons (Fsp3) is 0.500. The Balaban J connectivity index is 2.72. The lowest BCUT2D eigenvalue weighted by Gasteiger charge is -2.20. The predicted molar refractivity (Wildman–Crippen MR) is 54.3 cm³/mol. The molecule has 0 radical (unpaired) electrons. The molecule has 1 aromatic heterocycles. The minimum Gasteiger partial charge on any atom is -0.330 e. The summed E-state index contributed by atoms with van der Waals surface area (Å²) >= 11 is 0. The molecule has 0 saturated heterocycles. The van der Waals surface area contributed by atoms with Crippen molar-refractivity contribution in [1.29, 1.82) is 0 Å². The number of nitrogens with two attached hydrogens (primary N) is 2. The molecule has 0 aromatic carbocycles. The first-order valence-electron chi connectivity index (χ1n) is 4.59. The van der Waals surface area contributed by atoms with Gasteiger partial charge in [-0.1, -0.05) is 6.92 Å². The Morgan fingerprint density at radius 1 is 1.23 bits per heavy atom. The number of rotatable bonds is 4. The minimum atomic E-state index is 0.363. The normalized spacial score (nSPS) is 13.2. The van der Waals surface area contributed by atoms with Gasteiger partial charge in [0.05, 0.1) is 0 Å². The van der Waals surface area contributed by atoms with Crippen LogP contribution in [0.3, 0.4) is 0 Å². The van der Waals surface area contributed by atoms with Gasteiger partial charge in [0.1, 0.15) is 0 Å². The summed E-state index contributed by atoms with van der Waals surface area (Å²) in [5.41, 5.74) is 12.5. The fourth-order valence-electron chi connectivity index (χ4n) is 1.44. The molecule has 0 aliphatic heterocycles. The molecule has 0 aliphatic carbocycles. The zero-order valence-corrected chi connectivity index (χ0v) is 7.98. The summed E-state index contributed by atoms with van der Waals surface area (Å²) in [5, 5.41) is 0. The monoisotopic (exact) mass is 179 g/mol. The van der Waals surface area contributed by atoms with E-state index >= 15 is 0 Å². The largest absolute Gasteiger partial charge is 0.330 e. The molecule has 3 heteroatoms. The Morgan fingerprint density at radius 3 is 2.23 bits per heavy atom. The van der Waals surface area contributed by atoms with E-state index in [1.807, 2.05) is 12.1 Å². The third-order valence-electron chi connectivity index (χ3n) is 2.54. The Hall–Kier alpha value is -0.930. The summed E-state index contributed by atoms with van der Waals surface area (Å²) in [5.74, 6) is 0.778. The van der Waals surface area contributed by atoms with Gasteiger partial charge in [0, 0.05) is 12.4 Å². The van der Waals surface area contributed by atoms with Crippen molar-refractivity contribution in [2.75, 3.05) is 13.1 Å². The first-order valence-corrected chi connectivity index (χ1v) is 4.59. The van der Waals surface area contributed by atoms with Gasteiger partial charge in [-0.15, -0.1) is 0 Å². The number of nitrogens with zero attached hydrogens (tertiary/aromatic N) is 1. The Kier molecular flexibility index (Phi) is 3.86. The topological polar surface area (TPSA) is 64.9 Å². The van der Waals surface area contributed by atoms with Crippen molar-refractivity contribution in [3.05, 3.63) is 30.1 Å². The van der Waals surface area contributed by atoms with Crippen molar-refractivity contribution in [1.82, 2.24) is 4.98 Å². The van der Waals surface area contributed by atoms with Crippen LogP contribution in [0.1, 0.15) is 18.4 Å². The van der Waals surface area contributed by atoms with E-state index in [9.17, 15) is 0 Å².